The standard InChI is InChI=1S/C14H14ClNO/c1-10-4-3-5-14(6-10)17-9-13-8-12(15)7-11(2)16-13/h3-8H,9H2,1-2H3. The lowest BCUT2D eigenvalue weighted by atomic mass is 10.2. The summed E-state index contributed by atoms with van der Waals surface area (Å²) in [5, 5.41) is 0.695. The van der Waals surface area contributed by atoms with Crippen LogP contribution in [0.1, 0.15) is 17.0 Å². The molecule has 0 N–H and O–H groups in total. The Bertz CT molecular complexity index is 505. The number of aromatic nitrogens is 1. The van der Waals surface area contributed by atoms with E-state index in [4.69, 9.17) is 16.3 Å². The van der Waals surface area contributed by atoms with E-state index in [1.165, 1.54) is 5.56 Å². The molecule has 0 amide bonds. The lowest BCUT2D eigenvalue weighted by molar-refractivity contribution is 0.301. The van der Waals surface area contributed by atoms with Crippen LogP contribution in [0.5, 0.6) is 5.75 Å². The van der Waals surface area contributed by atoms with E-state index in [0.717, 1.165) is 17.1 Å². The molecule has 0 bridgehead atoms. The minimum Gasteiger partial charge on any atom is -0.487 e. The lowest BCUT2D eigenvalue weighted by Gasteiger charge is -2.07. The molecular weight excluding hydrogens is 234 g/mol. The number of pyridine rings is 1. The van der Waals surface area contributed by atoms with Gasteiger partial charge in [-0.25, -0.2) is 0 Å². The second-order valence-corrected chi connectivity index (χ2v) is 4.46. The molecule has 2 aromatic rings. The third-order valence-electron chi connectivity index (χ3n) is 2.35. The van der Waals surface area contributed by atoms with E-state index in [-0.39, 0.29) is 0 Å². The molecule has 0 fully saturated rings. The van der Waals surface area contributed by atoms with Crippen LogP contribution in [-0.2, 0) is 6.61 Å². The fraction of sp³-hybridized carbons (Fsp3) is 0.214. The van der Waals surface area contributed by atoms with Gasteiger partial charge >= 0.3 is 0 Å². The molecule has 88 valence electrons. The second kappa shape index (κ2) is 5.19. The largest absolute Gasteiger partial charge is 0.487 e. The van der Waals surface area contributed by atoms with Crippen molar-refractivity contribution in [2.45, 2.75) is 20.5 Å². The summed E-state index contributed by atoms with van der Waals surface area (Å²) >= 11 is 5.96. The van der Waals surface area contributed by atoms with Crippen molar-refractivity contribution in [1.82, 2.24) is 4.98 Å². The molecule has 0 aliphatic rings. The first kappa shape index (κ1) is 11.9. The molecule has 0 atom stereocenters. The molecule has 1 heterocycles. The highest BCUT2D eigenvalue weighted by molar-refractivity contribution is 6.30. The Hall–Kier alpha value is -1.54. The summed E-state index contributed by atoms with van der Waals surface area (Å²) in [5.41, 5.74) is 2.93. The molecule has 0 saturated heterocycles. The zero-order valence-corrected chi connectivity index (χ0v) is 10.7. The smallest absolute Gasteiger partial charge is 0.130 e. The molecule has 3 heteroatoms. The molecule has 0 radical (unpaired) electrons. The van der Waals surface area contributed by atoms with Crippen molar-refractivity contribution in [3.8, 4) is 5.75 Å². The minimum absolute atomic E-state index is 0.435. The first-order valence-corrected chi connectivity index (χ1v) is 5.84. The van der Waals surface area contributed by atoms with Crippen LogP contribution in [0.25, 0.3) is 0 Å². The first-order chi connectivity index (χ1) is 8.13. The number of rotatable bonds is 3. The first-order valence-electron chi connectivity index (χ1n) is 5.46. The Morgan fingerprint density at radius 1 is 1.18 bits per heavy atom. The van der Waals surface area contributed by atoms with Gasteiger partial charge in [0.15, 0.2) is 0 Å². The topological polar surface area (TPSA) is 22.1 Å². The minimum atomic E-state index is 0.435. The molecule has 2 nitrogen and oxygen atoms in total. The average molecular weight is 248 g/mol. The average Bonchev–Trinajstić information content (AvgIpc) is 2.25. The Kier molecular flexibility index (Phi) is 3.64. The molecule has 1 aromatic carbocycles. The van der Waals surface area contributed by atoms with Gasteiger partial charge in [-0.15, -0.1) is 0 Å². The molecule has 1 aromatic heterocycles. The van der Waals surface area contributed by atoms with E-state index >= 15 is 0 Å². The molecule has 0 spiro atoms. The van der Waals surface area contributed by atoms with E-state index in [9.17, 15) is 0 Å². The fourth-order valence-corrected chi connectivity index (χ4v) is 1.91. The summed E-state index contributed by atoms with van der Waals surface area (Å²) in [7, 11) is 0. The fourth-order valence-electron chi connectivity index (χ4n) is 1.63. The maximum Gasteiger partial charge on any atom is 0.130 e. The van der Waals surface area contributed by atoms with Crippen molar-refractivity contribution in [2.24, 2.45) is 0 Å². The van der Waals surface area contributed by atoms with E-state index in [2.05, 4.69) is 4.98 Å². The quantitative estimate of drug-likeness (QED) is 0.820. The Morgan fingerprint density at radius 3 is 2.71 bits per heavy atom. The van der Waals surface area contributed by atoms with Crippen molar-refractivity contribution in [1.29, 1.82) is 0 Å². The van der Waals surface area contributed by atoms with Gasteiger partial charge in [0.1, 0.15) is 12.4 Å². The van der Waals surface area contributed by atoms with E-state index < -0.39 is 0 Å². The van der Waals surface area contributed by atoms with Crippen molar-refractivity contribution >= 4 is 11.6 Å². The van der Waals surface area contributed by atoms with Crippen molar-refractivity contribution < 1.29 is 4.74 Å². The van der Waals surface area contributed by atoms with Crippen LogP contribution in [0.4, 0.5) is 0 Å². The van der Waals surface area contributed by atoms with Gasteiger partial charge in [-0.1, -0.05) is 23.7 Å². The van der Waals surface area contributed by atoms with Gasteiger partial charge in [-0.05, 0) is 43.7 Å². The number of ether oxygens (including phenoxy) is 1. The van der Waals surface area contributed by atoms with Gasteiger partial charge in [-0.3, -0.25) is 4.98 Å². The number of halogens is 1. The number of hydrogen-bond acceptors (Lipinski definition) is 2. The number of nitrogens with zero attached hydrogens (tertiary/aromatic N) is 1. The predicted octanol–water partition coefficient (Wildman–Crippen LogP) is 3.93. The van der Waals surface area contributed by atoms with Gasteiger partial charge in [-0.2, -0.15) is 0 Å². The van der Waals surface area contributed by atoms with Crippen LogP contribution in [0.15, 0.2) is 36.4 Å². The van der Waals surface area contributed by atoms with Gasteiger partial charge in [0.25, 0.3) is 0 Å². The molecule has 0 aliphatic carbocycles. The maximum absolute atomic E-state index is 5.96. The third kappa shape index (κ3) is 3.46. The van der Waals surface area contributed by atoms with Crippen LogP contribution < -0.4 is 4.74 Å². The Morgan fingerprint density at radius 2 is 2.00 bits per heavy atom. The van der Waals surface area contributed by atoms with Crippen LogP contribution >= 0.6 is 11.6 Å². The predicted molar refractivity (Wildman–Crippen MR) is 69.5 cm³/mol. The summed E-state index contributed by atoms with van der Waals surface area (Å²) in [4.78, 5) is 4.36. The normalized spacial score (nSPS) is 10.3. The summed E-state index contributed by atoms with van der Waals surface area (Å²) in [6, 6.07) is 11.6. The second-order valence-electron chi connectivity index (χ2n) is 4.02. The summed E-state index contributed by atoms with van der Waals surface area (Å²) in [5.74, 6) is 0.851. The van der Waals surface area contributed by atoms with Gasteiger partial charge in [0.05, 0.1) is 5.69 Å². The highest BCUT2D eigenvalue weighted by Gasteiger charge is 2.00. The number of aryl methyl sites for hydroxylation is 2. The van der Waals surface area contributed by atoms with Crippen molar-refractivity contribution in [3.05, 3.63) is 58.4 Å². The zero-order valence-electron chi connectivity index (χ0n) is 9.90. The number of benzene rings is 1. The molecule has 17 heavy (non-hydrogen) atoms. The van der Waals surface area contributed by atoms with E-state index in [1.54, 1.807) is 0 Å². The molecule has 0 aliphatic heterocycles. The summed E-state index contributed by atoms with van der Waals surface area (Å²) in [6.07, 6.45) is 0. The molecular formula is C14H14ClNO. The maximum atomic E-state index is 5.96. The van der Waals surface area contributed by atoms with Crippen LogP contribution in [0.2, 0.25) is 5.02 Å². The lowest BCUT2D eigenvalue weighted by Crippen LogP contribution is -1.99. The van der Waals surface area contributed by atoms with Crippen LogP contribution in [-0.4, -0.2) is 4.98 Å². The monoisotopic (exact) mass is 247 g/mol. The molecule has 0 saturated carbocycles. The van der Waals surface area contributed by atoms with E-state index in [0.29, 0.717) is 11.6 Å². The molecule has 0 unspecified atom stereocenters. The van der Waals surface area contributed by atoms with Crippen LogP contribution in [0, 0.1) is 13.8 Å². The summed E-state index contributed by atoms with van der Waals surface area (Å²) < 4.78 is 5.66. The highest BCUT2D eigenvalue weighted by atomic mass is 35.5. The third-order valence-corrected chi connectivity index (χ3v) is 2.57. The number of hydrogen-bond donors (Lipinski definition) is 0. The van der Waals surface area contributed by atoms with Crippen molar-refractivity contribution in [2.75, 3.05) is 0 Å². The van der Waals surface area contributed by atoms with E-state index in [1.807, 2.05) is 50.2 Å². The Labute approximate surface area is 106 Å². The van der Waals surface area contributed by atoms with Gasteiger partial charge in [0, 0.05) is 10.7 Å². The van der Waals surface area contributed by atoms with Crippen molar-refractivity contribution in [3.63, 3.8) is 0 Å². The highest BCUT2D eigenvalue weighted by Crippen LogP contribution is 2.16. The SMILES string of the molecule is Cc1cccc(OCc2cc(Cl)cc(C)n2)c1. The summed E-state index contributed by atoms with van der Waals surface area (Å²) in [6.45, 7) is 4.39. The zero-order chi connectivity index (χ0) is 12.3. The molecule has 2 rings (SSSR count). The van der Waals surface area contributed by atoms with Crippen LogP contribution in [0.3, 0.4) is 0 Å². The Balaban J connectivity index is 2.07. The van der Waals surface area contributed by atoms with Gasteiger partial charge in [0.2, 0.25) is 0 Å². The van der Waals surface area contributed by atoms with Gasteiger partial charge < -0.3 is 4.74 Å².